The van der Waals surface area contributed by atoms with Gasteiger partial charge in [0.1, 0.15) is 11.6 Å². The molecule has 0 aliphatic heterocycles. The molecule has 0 radical (unpaired) electrons. The number of amides is 1. The van der Waals surface area contributed by atoms with E-state index in [0.29, 0.717) is 21.9 Å². The van der Waals surface area contributed by atoms with Gasteiger partial charge in [0.2, 0.25) is 0 Å². The number of anilines is 1. The van der Waals surface area contributed by atoms with Gasteiger partial charge in [0.25, 0.3) is 5.91 Å². The van der Waals surface area contributed by atoms with Crippen molar-refractivity contribution in [3.63, 3.8) is 0 Å². The van der Waals surface area contributed by atoms with Gasteiger partial charge < -0.3 is 10.1 Å². The monoisotopic (exact) mass is 355 g/mol. The minimum Gasteiger partial charge on any atom is -0.423 e. The van der Waals surface area contributed by atoms with Crippen molar-refractivity contribution in [3.05, 3.63) is 81.8 Å². The van der Waals surface area contributed by atoms with Gasteiger partial charge in [0.15, 0.2) is 0 Å². The van der Waals surface area contributed by atoms with Gasteiger partial charge in [-0.15, -0.1) is 11.3 Å². The molecule has 3 rings (SSSR count). The number of halogens is 1. The van der Waals surface area contributed by atoms with E-state index in [9.17, 15) is 14.0 Å². The van der Waals surface area contributed by atoms with Crippen molar-refractivity contribution in [2.24, 2.45) is 0 Å². The van der Waals surface area contributed by atoms with Crippen LogP contribution in [-0.2, 0) is 0 Å². The largest absolute Gasteiger partial charge is 0.423 e. The average Bonchev–Trinajstić information content (AvgIpc) is 3.14. The summed E-state index contributed by atoms with van der Waals surface area (Å²) in [4.78, 5) is 24.6. The summed E-state index contributed by atoms with van der Waals surface area (Å²) in [5.74, 6) is -0.995. The molecule has 3 aromatic rings. The lowest BCUT2D eigenvalue weighted by Crippen LogP contribution is -2.11. The van der Waals surface area contributed by atoms with Gasteiger partial charge in [0.05, 0.1) is 10.4 Å². The number of esters is 1. The van der Waals surface area contributed by atoms with E-state index in [1.165, 1.54) is 23.5 Å². The first-order valence-corrected chi connectivity index (χ1v) is 8.34. The maximum Gasteiger partial charge on any atom is 0.343 e. The van der Waals surface area contributed by atoms with Crippen LogP contribution in [0.5, 0.6) is 5.75 Å². The molecule has 1 heterocycles. The Balaban J connectivity index is 1.65. The molecule has 0 unspecified atom stereocenters. The molecular weight excluding hydrogens is 341 g/mol. The second-order valence-electron chi connectivity index (χ2n) is 5.31. The van der Waals surface area contributed by atoms with Crippen LogP contribution in [0.2, 0.25) is 0 Å². The van der Waals surface area contributed by atoms with E-state index in [1.54, 1.807) is 43.3 Å². The van der Waals surface area contributed by atoms with Crippen LogP contribution in [0.25, 0.3) is 0 Å². The van der Waals surface area contributed by atoms with E-state index in [2.05, 4.69) is 5.32 Å². The van der Waals surface area contributed by atoms with Gasteiger partial charge in [-0.25, -0.2) is 9.18 Å². The number of rotatable bonds is 4. The fourth-order valence-electron chi connectivity index (χ4n) is 2.09. The van der Waals surface area contributed by atoms with Gasteiger partial charge in [-0.05, 0) is 60.3 Å². The van der Waals surface area contributed by atoms with Crippen LogP contribution in [0.15, 0.2) is 60.0 Å². The highest BCUT2D eigenvalue weighted by Gasteiger charge is 2.11. The Hall–Kier alpha value is -2.99. The molecule has 0 spiro atoms. The van der Waals surface area contributed by atoms with Crippen LogP contribution in [0.1, 0.15) is 25.6 Å². The second kappa shape index (κ2) is 7.27. The number of nitrogens with one attached hydrogen (secondary N) is 1. The molecule has 0 fully saturated rings. The molecule has 0 saturated heterocycles. The quantitative estimate of drug-likeness (QED) is 0.547. The third kappa shape index (κ3) is 4.10. The first-order valence-electron chi connectivity index (χ1n) is 7.46. The minimum absolute atomic E-state index is 0.137. The Morgan fingerprint density at radius 3 is 2.48 bits per heavy atom. The number of thiophene rings is 1. The summed E-state index contributed by atoms with van der Waals surface area (Å²) < 4.78 is 18.7. The fraction of sp³-hybridized carbons (Fsp3) is 0.0526. The van der Waals surface area contributed by atoms with E-state index >= 15 is 0 Å². The Morgan fingerprint density at radius 1 is 1.08 bits per heavy atom. The topological polar surface area (TPSA) is 55.4 Å². The molecule has 1 amide bonds. The molecule has 0 aliphatic carbocycles. The van der Waals surface area contributed by atoms with Crippen molar-refractivity contribution in [1.29, 1.82) is 0 Å². The highest BCUT2D eigenvalue weighted by atomic mass is 32.1. The van der Waals surface area contributed by atoms with Crippen molar-refractivity contribution < 1.29 is 18.7 Å². The van der Waals surface area contributed by atoms with Crippen LogP contribution in [0.4, 0.5) is 10.1 Å². The highest BCUT2D eigenvalue weighted by Crippen LogP contribution is 2.19. The average molecular weight is 355 g/mol. The van der Waals surface area contributed by atoms with Crippen LogP contribution < -0.4 is 10.1 Å². The van der Waals surface area contributed by atoms with Crippen molar-refractivity contribution in [2.45, 2.75) is 6.92 Å². The molecule has 0 saturated carbocycles. The molecule has 25 heavy (non-hydrogen) atoms. The molecule has 0 bridgehead atoms. The zero-order valence-electron chi connectivity index (χ0n) is 13.3. The smallest absolute Gasteiger partial charge is 0.343 e. The van der Waals surface area contributed by atoms with E-state index in [1.807, 2.05) is 5.38 Å². The van der Waals surface area contributed by atoms with Gasteiger partial charge in [-0.2, -0.15) is 0 Å². The van der Waals surface area contributed by atoms with Crippen LogP contribution in [0, 0.1) is 12.7 Å². The molecule has 1 aromatic heterocycles. The summed E-state index contributed by atoms with van der Waals surface area (Å²) in [7, 11) is 0. The molecule has 1 N–H and O–H groups in total. The Labute approximate surface area is 147 Å². The molecule has 126 valence electrons. The van der Waals surface area contributed by atoms with Crippen LogP contribution in [-0.4, -0.2) is 11.9 Å². The van der Waals surface area contributed by atoms with Gasteiger partial charge in [0, 0.05) is 5.69 Å². The number of carbonyl (C=O) groups excluding carboxylic acids is 2. The lowest BCUT2D eigenvalue weighted by atomic mass is 10.1. The molecule has 2 aromatic carbocycles. The van der Waals surface area contributed by atoms with E-state index in [4.69, 9.17) is 4.74 Å². The zero-order chi connectivity index (χ0) is 17.8. The lowest BCUT2D eigenvalue weighted by Gasteiger charge is -2.07. The fourth-order valence-corrected chi connectivity index (χ4v) is 2.71. The Bertz CT molecular complexity index is 905. The van der Waals surface area contributed by atoms with Crippen molar-refractivity contribution in [1.82, 2.24) is 0 Å². The normalized spacial score (nSPS) is 10.3. The Morgan fingerprint density at radius 2 is 1.84 bits per heavy atom. The Kier molecular flexibility index (Phi) is 4.90. The maximum absolute atomic E-state index is 13.5. The molecular formula is C19H14FNO3S. The third-order valence-electron chi connectivity index (χ3n) is 3.48. The summed E-state index contributed by atoms with van der Waals surface area (Å²) in [5, 5.41) is 4.58. The van der Waals surface area contributed by atoms with Crippen molar-refractivity contribution >= 4 is 28.9 Å². The number of ether oxygens (including phenoxy) is 1. The summed E-state index contributed by atoms with van der Waals surface area (Å²) in [5.41, 5.74) is 1.18. The first kappa shape index (κ1) is 16.9. The predicted octanol–water partition coefficient (Wildman–Crippen LogP) is 4.67. The maximum atomic E-state index is 13.5. The van der Waals surface area contributed by atoms with Crippen molar-refractivity contribution in [2.75, 3.05) is 5.32 Å². The summed E-state index contributed by atoms with van der Waals surface area (Å²) in [6.45, 7) is 1.62. The van der Waals surface area contributed by atoms with Crippen LogP contribution in [0.3, 0.4) is 0 Å². The summed E-state index contributed by atoms with van der Waals surface area (Å²) >= 11 is 1.35. The SMILES string of the molecule is Cc1ccc(C(=O)Oc2ccc(NC(=O)c3cccs3)cc2)cc1F. The summed E-state index contributed by atoms with van der Waals surface area (Å²) in [6.07, 6.45) is 0. The van der Waals surface area contributed by atoms with E-state index in [-0.39, 0.29) is 11.5 Å². The van der Waals surface area contributed by atoms with E-state index < -0.39 is 11.8 Å². The number of benzene rings is 2. The van der Waals surface area contributed by atoms with Crippen LogP contribution >= 0.6 is 11.3 Å². The number of aryl methyl sites for hydroxylation is 1. The molecule has 0 aliphatic rings. The minimum atomic E-state index is -0.644. The van der Waals surface area contributed by atoms with E-state index in [0.717, 1.165) is 6.07 Å². The zero-order valence-corrected chi connectivity index (χ0v) is 14.1. The predicted molar refractivity (Wildman–Crippen MR) is 94.8 cm³/mol. The molecule has 4 nitrogen and oxygen atoms in total. The standard InChI is InChI=1S/C19H14FNO3S/c1-12-4-5-13(11-16(12)20)19(23)24-15-8-6-14(7-9-15)21-18(22)17-3-2-10-25-17/h2-11H,1H3,(H,21,22). The first-order chi connectivity index (χ1) is 12.0. The van der Waals surface area contributed by atoms with Gasteiger partial charge >= 0.3 is 5.97 Å². The summed E-state index contributed by atoms with van der Waals surface area (Å²) in [6, 6.07) is 14.1. The van der Waals surface area contributed by atoms with Crippen molar-refractivity contribution in [3.8, 4) is 5.75 Å². The number of hydrogen-bond acceptors (Lipinski definition) is 4. The number of carbonyl (C=O) groups is 2. The lowest BCUT2D eigenvalue weighted by molar-refractivity contribution is 0.0734. The number of hydrogen-bond donors (Lipinski definition) is 1. The third-order valence-corrected chi connectivity index (χ3v) is 4.34. The molecule has 6 heteroatoms. The molecule has 0 atom stereocenters. The highest BCUT2D eigenvalue weighted by molar-refractivity contribution is 7.12. The van der Waals surface area contributed by atoms with Gasteiger partial charge in [-0.3, -0.25) is 4.79 Å². The van der Waals surface area contributed by atoms with Gasteiger partial charge in [-0.1, -0.05) is 12.1 Å². The second-order valence-corrected chi connectivity index (χ2v) is 6.26.